The van der Waals surface area contributed by atoms with Gasteiger partial charge >= 0.3 is 0 Å². The van der Waals surface area contributed by atoms with Crippen molar-refractivity contribution in [3.05, 3.63) is 30.1 Å². The summed E-state index contributed by atoms with van der Waals surface area (Å²) in [6.45, 7) is 5.13. The predicted molar refractivity (Wildman–Crippen MR) is 81.5 cm³/mol. The summed E-state index contributed by atoms with van der Waals surface area (Å²) in [6.07, 6.45) is 1.16. The second-order valence-electron chi connectivity index (χ2n) is 5.47. The maximum absolute atomic E-state index is 12.0. The van der Waals surface area contributed by atoms with Crippen molar-refractivity contribution in [3.8, 4) is 6.07 Å². The lowest BCUT2D eigenvalue weighted by molar-refractivity contribution is -0.121. The Morgan fingerprint density at radius 2 is 2.19 bits per heavy atom. The second-order valence-corrected chi connectivity index (χ2v) is 5.47. The van der Waals surface area contributed by atoms with Crippen LogP contribution in [0.25, 0.3) is 11.0 Å². The van der Waals surface area contributed by atoms with E-state index in [-0.39, 0.29) is 18.9 Å². The Kier molecular flexibility index (Phi) is 4.94. The molecule has 0 radical (unpaired) electrons. The van der Waals surface area contributed by atoms with E-state index in [4.69, 9.17) is 5.26 Å². The number of carbonyl (C=O) groups is 1. The fourth-order valence-electron chi connectivity index (χ4n) is 2.21. The summed E-state index contributed by atoms with van der Waals surface area (Å²) in [4.78, 5) is 16.5. The van der Waals surface area contributed by atoms with E-state index in [2.05, 4.69) is 30.2 Å². The average molecular weight is 284 g/mol. The third-order valence-corrected chi connectivity index (χ3v) is 3.32. The van der Waals surface area contributed by atoms with Crippen LogP contribution in [0.3, 0.4) is 0 Å². The highest BCUT2D eigenvalue weighted by atomic mass is 16.1. The van der Waals surface area contributed by atoms with Crippen LogP contribution in [0.2, 0.25) is 0 Å². The highest BCUT2D eigenvalue weighted by Gasteiger charge is 2.13. The van der Waals surface area contributed by atoms with Gasteiger partial charge in [-0.1, -0.05) is 26.0 Å². The van der Waals surface area contributed by atoms with Crippen molar-refractivity contribution in [2.24, 2.45) is 5.92 Å². The van der Waals surface area contributed by atoms with Crippen molar-refractivity contribution in [3.63, 3.8) is 0 Å². The minimum atomic E-state index is -0.0435. The number of amides is 1. The molecule has 0 unspecified atom stereocenters. The number of rotatable bonds is 6. The quantitative estimate of drug-likeness (QED) is 0.884. The van der Waals surface area contributed by atoms with Gasteiger partial charge in [-0.15, -0.1) is 0 Å². The van der Waals surface area contributed by atoms with Gasteiger partial charge < -0.3 is 9.88 Å². The van der Waals surface area contributed by atoms with E-state index in [0.717, 1.165) is 17.5 Å². The molecular formula is C16H20N4O. The van der Waals surface area contributed by atoms with Gasteiger partial charge in [-0.2, -0.15) is 5.26 Å². The van der Waals surface area contributed by atoms with E-state index in [1.807, 2.05) is 28.8 Å². The lowest BCUT2D eigenvalue weighted by Gasteiger charge is -2.10. The number of nitrogens with one attached hydrogen (secondary N) is 1. The predicted octanol–water partition coefficient (Wildman–Crippen LogP) is 2.26. The molecule has 0 fully saturated rings. The second kappa shape index (κ2) is 6.89. The molecule has 1 aromatic heterocycles. The van der Waals surface area contributed by atoms with Crippen LogP contribution >= 0.6 is 0 Å². The summed E-state index contributed by atoms with van der Waals surface area (Å²) < 4.78 is 1.82. The first-order valence-corrected chi connectivity index (χ1v) is 7.19. The Hall–Kier alpha value is -2.35. The number of fused-ring (bicyclic) bond motifs is 1. The molecule has 0 atom stereocenters. The minimum absolute atomic E-state index is 0.0435. The summed E-state index contributed by atoms with van der Waals surface area (Å²) in [5, 5.41) is 11.8. The van der Waals surface area contributed by atoms with Crippen molar-refractivity contribution < 1.29 is 4.79 Å². The maximum Gasteiger partial charge on any atom is 0.240 e. The Morgan fingerprint density at radius 1 is 1.43 bits per heavy atom. The SMILES string of the molecule is CC(C)CCNC(=O)Cn1c(CC#N)nc2ccccc21. The molecule has 0 spiro atoms. The van der Waals surface area contributed by atoms with Gasteiger partial charge in [0.2, 0.25) is 5.91 Å². The van der Waals surface area contributed by atoms with Crippen LogP contribution in [-0.2, 0) is 17.8 Å². The van der Waals surface area contributed by atoms with Gasteiger partial charge in [0.1, 0.15) is 12.4 Å². The number of nitrogens with zero attached hydrogens (tertiary/aromatic N) is 3. The highest BCUT2D eigenvalue weighted by Crippen LogP contribution is 2.16. The van der Waals surface area contributed by atoms with E-state index >= 15 is 0 Å². The largest absolute Gasteiger partial charge is 0.355 e. The molecule has 0 aliphatic heterocycles. The Balaban J connectivity index is 2.14. The van der Waals surface area contributed by atoms with Crippen molar-refractivity contribution in [1.82, 2.24) is 14.9 Å². The molecule has 1 N–H and O–H groups in total. The molecule has 1 aromatic carbocycles. The number of para-hydroxylation sites is 2. The molecule has 0 saturated heterocycles. The van der Waals surface area contributed by atoms with Gasteiger partial charge in [-0.25, -0.2) is 4.98 Å². The van der Waals surface area contributed by atoms with Crippen molar-refractivity contribution >= 4 is 16.9 Å². The number of carbonyl (C=O) groups excluding carboxylic acids is 1. The smallest absolute Gasteiger partial charge is 0.240 e. The van der Waals surface area contributed by atoms with E-state index in [9.17, 15) is 4.79 Å². The molecule has 5 nitrogen and oxygen atoms in total. The van der Waals surface area contributed by atoms with Crippen LogP contribution in [0.15, 0.2) is 24.3 Å². The number of hydrogen-bond acceptors (Lipinski definition) is 3. The molecular weight excluding hydrogens is 264 g/mol. The normalized spacial score (nSPS) is 10.8. The monoisotopic (exact) mass is 284 g/mol. The minimum Gasteiger partial charge on any atom is -0.355 e. The molecule has 1 heterocycles. The zero-order valence-electron chi connectivity index (χ0n) is 12.5. The van der Waals surface area contributed by atoms with Crippen molar-refractivity contribution in [1.29, 1.82) is 5.26 Å². The van der Waals surface area contributed by atoms with Crippen molar-refractivity contribution in [2.45, 2.75) is 33.2 Å². The summed E-state index contributed by atoms with van der Waals surface area (Å²) in [5.74, 6) is 1.16. The highest BCUT2D eigenvalue weighted by molar-refractivity contribution is 5.81. The van der Waals surface area contributed by atoms with Crippen LogP contribution in [0.5, 0.6) is 0 Å². The van der Waals surface area contributed by atoms with E-state index in [0.29, 0.717) is 18.3 Å². The summed E-state index contributed by atoms with van der Waals surface area (Å²) >= 11 is 0. The van der Waals surface area contributed by atoms with Gasteiger partial charge in [-0.05, 0) is 24.5 Å². The first-order chi connectivity index (χ1) is 10.1. The van der Waals surface area contributed by atoms with E-state index in [1.165, 1.54) is 0 Å². The molecule has 1 amide bonds. The van der Waals surface area contributed by atoms with E-state index < -0.39 is 0 Å². The van der Waals surface area contributed by atoms with Crippen LogP contribution in [0, 0.1) is 17.2 Å². The number of aromatic nitrogens is 2. The molecule has 5 heteroatoms. The molecule has 0 aliphatic carbocycles. The number of hydrogen-bond donors (Lipinski definition) is 1. The van der Waals surface area contributed by atoms with Crippen LogP contribution in [0.4, 0.5) is 0 Å². The van der Waals surface area contributed by atoms with Gasteiger partial charge in [0.25, 0.3) is 0 Å². The summed E-state index contributed by atoms with van der Waals surface area (Å²) in [5.41, 5.74) is 1.71. The fraction of sp³-hybridized carbons (Fsp3) is 0.438. The Labute approximate surface area is 124 Å². The topological polar surface area (TPSA) is 70.7 Å². The molecule has 0 aliphatic rings. The van der Waals surface area contributed by atoms with Crippen molar-refractivity contribution in [2.75, 3.05) is 6.54 Å². The molecule has 2 aromatic rings. The number of imidazole rings is 1. The Bertz CT molecular complexity index is 666. The summed E-state index contributed by atoms with van der Waals surface area (Å²) in [7, 11) is 0. The van der Waals surface area contributed by atoms with Crippen LogP contribution in [0.1, 0.15) is 26.1 Å². The molecule has 21 heavy (non-hydrogen) atoms. The zero-order valence-corrected chi connectivity index (χ0v) is 12.5. The van der Waals surface area contributed by atoms with Gasteiger partial charge in [0, 0.05) is 6.54 Å². The molecule has 110 valence electrons. The average Bonchev–Trinajstić information content (AvgIpc) is 2.77. The third-order valence-electron chi connectivity index (χ3n) is 3.32. The van der Waals surface area contributed by atoms with Gasteiger partial charge in [-0.3, -0.25) is 4.79 Å². The zero-order chi connectivity index (χ0) is 15.2. The number of nitriles is 1. The molecule has 2 rings (SSSR count). The van der Waals surface area contributed by atoms with Crippen LogP contribution < -0.4 is 5.32 Å². The van der Waals surface area contributed by atoms with Gasteiger partial charge in [0.05, 0.1) is 23.5 Å². The first-order valence-electron chi connectivity index (χ1n) is 7.19. The first kappa shape index (κ1) is 15.0. The molecule has 0 bridgehead atoms. The fourth-order valence-corrected chi connectivity index (χ4v) is 2.21. The lowest BCUT2D eigenvalue weighted by Crippen LogP contribution is -2.29. The van der Waals surface area contributed by atoms with Crippen LogP contribution in [-0.4, -0.2) is 22.0 Å². The maximum atomic E-state index is 12.0. The number of benzene rings is 1. The van der Waals surface area contributed by atoms with Gasteiger partial charge in [0.15, 0.2) is 0 Å². The van der Waals surface area contributed by atoms with E-state index in [1.54, 1.807) is 0 Å². The molecule has 0 saturated carbocycles. The third kappa shape index (κ3) is 3.82. The lowest BCUT2D eigenvalue weighted by atomic mass is 10.1. The standard InChI is InChI=1S/C16H20N4O/c1-12(2)8-10-18-16(21)11-20-14-6-4-3-5-13(14)19-15(20)7-9-17/h3-6,12H,7-8,10-11H2,1-2H3,(H,18,21). The summed E-state index contributed by atoms with van der Waals surface area (Å²) in [6, 6.07) is 9.73. The Morgan fingerprint density at radius 3 is 2.90 bits per heavy atom.